The van der Waals surface area contributed by atoms with Gasteiger partial charge in [-0.05, 0) is 37.3 Å². The van der Waals surface area contributed by atoms with Crippen LogP contribution in [0.1, 0.15) is 31.9 Å². The Morgan fingerprint density at radius 1 is 1.25 bits per heavy atom. The Kier molecular flexibility index (Phi) is 5.06. The predicted octanol–water partition coefficient (Wildman–Crippen LogP) is 2.93. The van der Waals surface area contributed by atoms with Crippen LogP contribution >= 0.6 is 0 Å². The van der Waals surface area contributed by atoms with Crippen molar-refractivity contribution in [2.24, 2.45) is 5.92 Å². The van der Waals surface area contributed by atoms with Crippen molar-refractivity contribution in [3.63, 3.8) is 0 Å². The van der Waals surface area contributed by atoms with Crippen LogP contribution in [0.4, 0.5) is 5.69 Å². The van der Waals surface area contributed by atoms with Crippen LogP contribution in [0.3, 0.4) is 0 Å². The first-order valence-electron chi connectivity index (χ1n) is 8.56. The third kappa shape index (κ3) is 4.05. The van der Waals surface area contributed by atoms with Gasteiger partial charge >= 0.3 is 0 Å². The number of aryl methyl sites for hydroxylation is 1. The summed E-state index contributed by atoms with van der Waals surface area (Å²) in [5.74, 6) is 0.316. The van der Waals surface area contributed by atoms with Crippen LogP contribution in [0.5, 0.6) is 0 Å². The lowest BCUT2D eigenvalue weighted by Gasteiger charge is -2.21. The summed E-state index contributed by atoms with van der Waals surface area (Å²) in [4.78, 5) is 4.67. The number of hydrogen-bond donors (Lipinski definition) is 2. The SMILES string of the molecule is CCc1cc(NCC2CCCC2NS(C)(=O)=O)c2ccccc2n1. The molecule has 1 fully saturated rings. The average Bonchev–Trinajstić information content (AvgIpc) is 2.97. The molecule has 0 spiro atoms. The van der Waals surface area contributed by atoms with Crippen molar-refractivity contribution < 1.29 is 8.42 Å². The van der Waals surface area contributed by atoms with E-state index in [1.165, 1.54) is 6.26 Å². The molecule has 1 aromatic carbocycles. The van der Waals surface area contributed by atoms with E-state index in [0.29, 0.717) is 5.92 Å². The molecular weight excluding hydrogens is 322 g/mol. The maximum Gasteiger partial charge on any atom is 0.208 e. The lowest BCUT2D eigenvalue weighted by atomic mass is 10.0. The fraction of sp³-hybridized carbons (Fsp3) is 0.500. The molecule has 6 heteroatoms. The maximum absolute atomic E-state index is 11.5. The van der Waals surface area contributed by atoms with Crippen molar-refractivity contribution in [3.05, 3.63) is 36.0 Å². The van der Waals surface area contributed by atoms with E-state index in [1.54, 1.807) is 0 Å². The van der Waals surface area contributed by atoms with Crippen molar-refractivity contribution in [1.82, 2.24) is 9.71 Å². The summed E-state index contributed by atoms with van der Waals surface area (Å²) in [7, 11) is -3.16. The van der Waals surface area contributed by atoms with E-state index >= 15 is 0 Å². The Bertz CT molecular complexity index is 820. The molecule has 5 nitrogen and oxygen atoms in total. The number of nitrogens with zero attached hydrogens (tertiary/aromatic N) is 1. The van der Waals surface area contributed by atoms with Gasteiger partial charge in [0.15, 0.2) is 0 Å². The number of aromatic nitrogens is 1. The lowest BCUT2D eigenvalue weighted by molar-refractivity contribution is 0.464. The van der Waals surface area contributed by atoms with E-state index < -0.39 is 10.0 Å². The normalized spacial score (nSPS) is 21.2. The highest BCUT2D eigenvalue weighted by molar-refractivity contribution is 7.88. The molecule has 2 unspecified atom stereocenters. The number of pyridine rings is 1. The first-order chi connectivity index (χ1) is 11.5. The highest BCUT2D eigenvalue weighted by Gasteiger charge is 2.29. The van der Waals surface area contributed by atoms with Gasteiger partial charge in [-0.25, -0.2) is 13.1 Å². The standard InChI is InChI=1S/C18H25N3O2S/c1-3-14-11-18(15-8-4-5-9-17(15)20-14)19-12-13-7-6-10-16(13)21-24(2,22)23/h4-5,8-9,11,13,16,21H,3,6-7,10,12H2,1-2H3,(H,19,20). The molecular formula is C18H25N3O2S. The fourth-order valence-corrected chi connectivity index (χ4v) is 4.37. The Morgan fingerprint density at radius 3 is 2.79 bits per heavy atom. The number of benzene rings is 1. The van der Waals surface area contributed by atoms with E-state index in [2.05, 4.69) is 34.1 Å². The zero-order valence-corrected chi connectivity index (χ0v) is 15.1. The average molecular weight is 347 g/mol. The summed E-state index contributed by atoms with van der Waals surface area (Å²) in [5, 5.41) is 4.66. The Morgan fingerprint density at radius 2 is 2.04 bits per heavy atom. The van der Waals surface area contributed by atoms with Crippen molar-refractivity contribution in [1.29, 1.82) is 0 Å². The second kappa shape index (κ2) is 7.07. The van der Waals surface area contributed by atoms with Gasteiger partial charge in [0, 0.05) is 29.4 Å². The third-order valence-corrected chi connectivity index (χ3v) is 5.44. The van der Waals surface area contributed by atoms with Crippen molar-refractivity contribution in [2.45, 2.75) is 38.6 Å². The molecule has 1 aliphatic rings. The number of rotatable bonds is 6. The summed E-state index contributed by atoms with van der Waals surface area (Å²) in [6, 6.07) is 10.3. The van der Waals surface area contributed by atoms with Crippen LogP contribution in [0, 0.1) is 5.92 Å². The quantitative estimate of drug-likeness (QED) is 0.843. The summed E-state index contributed by atoms with van der Waals surface area (Å²) in [6.07, 6.45) is 5.15. The molecule has 24 heavy (non-hydrogen) atoms. The summed E-state index contributed by atoms with van der Waals surface area (Å²) in [6.45, 7) is 2.87. The Balaban J connectivity index is 1.78. The van der Waals surface area contributed by atoms with Gasteiger partial charge in [-0.15, -0.1) is 0 Å². The lowest BCUT2D eigenvalue weighted by Crippen LogP contribution is -2.39. The minimum absolute atomic E-state index is 0.0336. The van der Waals surface area contributed by atoms with Crippen LogP contribution in [0.25, 0.3) is 10.9 Å². The number of fused-ring (bicyclic) bond motifs is 1. The maximum atomic E-state index is 11.5. The molecule has 0 amide bonds. The molecule has 1 aromatic heterocycles. The Hall–Kier alpha value is -1.66. The summed E-state index contributed by atoms with van der Waals surface area (Å²) >= 11 is 0. The van der Waals surface area contributed by atoms with Crippen molar-refractivity contribution >= 4 is 26.6 Å². The highest BCUT2D eigenvalue weighted by Crippen LogP contribution is 2.28. The minimum Gasteiger partial charge on any atom is -0.384 e. The molecule has 130 valence electrons. The molecule has 0 aliphatic heterocycles. The van der Waals surface area contributed by atoms with Gasteiger partial charge in [0.25, 0.3) is 0 Å². The number of sulfonamides is 1. The molecule has 2 atom stereocenters. The minimum atomic E-state index is -3.16. The van der Waals surface area contributed by atoms with Crippen LogP contribution < -0.4 is 10.0 Å². The van der Waals surface area contributed by atoms with Gasteiger partial charge in [-0.1, -0.05) is 31.5 Å². The van der Waals surface area contributed by atoms with Crippen molar-refractivity contribution in [3.8, 4) is 0 Å². The first-order valence-corrected chi connectivity index (χ1v) is 10.4. The number of anilines is 1. The topological polar surface area (TPSA) is 71.1 Å². The van der Waals surface area contributed by atoms with Gasteiger partial charge in [0.2, 0.25) is 10.0 Å². The number of para-hydroxylation sites is 1. The first kappa shape index (κ1) is 17.2. The molecule has 3 rings (SSSR count). The van der Waals surface area contributed by atoms with Gasteiger partial charge in [-0.2, -0.15) is 0 Å². The van der Waals surface area contributed by atoms with Gasteiger partial charge in [-0.3, -0.25) is 4.98 Å². The molecule has 2 N–H and O–H groups in total. The highest BCUT2D eigenvalue weighted by atomic mass is 32.2. The van der Waals surface area contributed by atoms with E-state index in [1.807, 2.05) is 18.2 Å². The number of hydrogen-bond acceptors (Lipinski definition) is 4. The molecule has 2 aromatic rings. The van der Waals surface area contributed by atoms with E-state index in [4.69, 9.17) is 0 Å². The molecule has 0 bridgehead atoms. The predicted molar refractivity (Wildman–Crippen MR) is 98.7 cm³/mol. The summed E-state index contributed by atoms with van der Waals surface area (Å²) < 4.78 is 25.8. The van der Waals surface area contributed by atoms with Gasteiger partial charge < -0.3 is 5.32 Å². The molecule has 0 saturated heterocycles. The van der Waals surface area contributed by atoms with Crippen LogP contribution in [0.2, 0.25) is 0 Å². The zero-order chi connectivity index (χ0) is 17.2. The largest absolute Gasteiger partial charge is 0.384 e. The molecule has 1 saturated carbocycles. The van der Waals surface area contributed by atoms with Crippen LogP contribution in [-0.2, 0) is 16.4 Å². The molecule has 1 aliphatic carbocycles. The van der Waals surface area contributed by atoms with E-state index in [0.717, 1.165) is 54.5 Å². The second-order valence-corrected chi connectivity index (χ2v) is 8.38. The molecule has 0 radical (unpaired) electrons. The smallest absolute Gasteiger partial charge is 0.208 e. The van der Waals surface area contributed by atoms with Gasteiger partial charge in [0.05, 0.1) is 11.8 Å². The van der Waals surface area contributed by atoms with Crippen LogP contribution in [-0.4, -0.2) is 32.2 Å². The van der Waals surface area contributed by atoms with Crippen molar-refractivity contribution in [2.75, 3.05) is 18.1 Å². The monoisotopic (exact) mass is 347 g/mol. The van der Waals surface area contributed by atoms with Gasteiger partial charge in [0.1, 0.15) is 0 Å². The third-order valence-electron chi connectivity index (χ3n) is 4.71. The zero-order valence-electron chi connectivity index (χ0n) is 14.2. The second-order valence-electron chi connectivity index (χ2n) is 6.60. The van der Waals surface area contributed by atoms with E-state index in [9.17, 15) is 8.42 Å². The summed E-state index contributed by atoms with van der Waals surface area (Å²) in [5.41, 5.74) is 3.15. The fourth-order valence-electron chi connectivity index (χ4n) is 3.51. The van der Waals surface area contributed by atoms with E-state index in [-0.39, 0.29) is 6.04 Å². The Labute approximate surface area is 143 Å². The molecule has 1 heterocycles. The van der Waals surface area contributed by atoms with Crippen LogP contribution in [0.15, 0.2) is 30.3 Å². The number of nitrogens with one attached hydrogen (secondary N) is 2.